The minimum atomic E-state index is -4.11. The quantitative estimate of drug-likeness (QED) is 0.106. The second-order valence-electron chi connectivity index (χ2n) is 4.99. The van der Waals surface area contributed by atoms with Crippen LogP contribution in [0.15, 0.2) is 24.3 Å². The van der Waals surface area contributed by atoms with E-state index >= 15 is 0 Å². The molecule has 1 rings (SSSR count). The van der Waals surface area contributed by atoms with Crippen molar-refractivity contribution in [3.8, 4) is 0 Å². The van der Waals surface area contributed by atoms with Gasteiger partial charge in [-0.05, 0) is 0 Å². The molecule has 0 unspecified atom stereocenters. The molecular formula is C16H19IN2O9S. The molecule has 11 nitrogen and oxygen atoms in total. The average Bonchev–Trinajstić information content (AvgIpc) is 2.65. The maximum atomic E-state index is 12.4. The van der Waals surface area contributed by atoms with Crippen LogP contribution in [0.3, 0.4) is 0 Å². The van der Waals surface area contributed by atoms with Gasteiger partial charge in [-0.3, -0.25) is 0 Å². The first-order chi connectivity index (χ1) is 13.6. The second kappa shape index (κ2) is 11.6. The standard InChI is InChI=1S/C16H19IN2O9S/c1-4-25-13(20)10-27-15(21)11-8-6-7-9-12(11)17(28-29(3,23)24)14(19-18)16(22)26-5-2/h6-9H,4-5,10H2,1-3H3. The predicted octanol–water partition coefficient (Wildman–Crippen LogP) is 1.17. The van der Waals surface area contributed by atoms with Gasteiger partial charge >= 0.3 is 175 Å². The number of rotatable bonds is 10. The summed E-state index contributed by atoms with van der Waals surface area (Å²) in [5, 5.41) is 0. The molecule has 0 atom stereocenters. The molecule has 13 heteroatoms. The number of carbonyl (C=O) groups excluding carboxylic acids is 3. The zero-order chi connectivity index (χ0) is 22.0. The zero-order valence-corrected chi connectivity index (χ0v) is 18.8. The molecule has 0 heterocycles. The summed E-state index contributed by atoms with van der Waals surface area (Å²) in [6.45, 7) is 2.45. The summed E-state index contributed by atoms with van der Waals surface area (Å²) in [5.41, 5.74) is 9.13. The zero-order valence-electron chi connectivity index (χ0n) is 15.8. The van der Waals surface area contributed by atoms with Crippen molar-refractivity contribution in [3.63, 3.8) is 0 Å². The Bertz CT molecular complexity index is 926. The number of ether oxygens (including phenoxy) is 3. The van der Waals surface area contributed by atoms with Gasteiger partial charge in [-0.2, -0.15) is 0 Å². The van der Waals surface area contributed by atoms with Crippen LogP contribution in [-0.4, -0.2) is 60.9 Å². The Balaban J connectivity index is 3.36. The molecule has 0 N–H and O–H groups in total. The molecule has 0 aliphatic rings. The number of halogens is 1. The van der Waals surface area contributed by atoms with Gasteiger partial charge in [0.2, 0.25) is 0 Å². The van der Waals surface area contributed by atoms with E-state index in [-0.39, 0.29) is 22.3 Å². The van der Waals surface area contributed by atoms with Crippen molar-refractivity contribution in [1.29, 1.82) is 0 Å². The Kier molecular flexibility index (Phi) is 9.88. The number of carbonyl (C=O) groups is 3. The van der Waals surface area contributed by atoms with E-state index in [4.69, 9.17) is 12.0 Å². The van der Waals surface area contributed by atoms with Crippen molar-refractivity contribution in [3.05, 3.63) is 38.9 Å². The third-order valence-corrected chi connectivity index (χ3v) is 9.75. The van der Waals surface area contributed by atoms with E-state index in [1.807, 2.05) is 0 Å². The second-order valence-corrected chi connectivity index (χ2v) is 11.2. The molecule has 1 aromatic rings. The number of benzene rings is 1. The van der Waals surface area contributed by atoms with Gasteiger partial charge in [0.05, 0.1) is 0 Å². The van der Waals surface area contributed by atoms with Crippen LogP contribution in [0.2, 0.25) is 0 Å². The molecule has 0 radical (unpaired) electrons. The van der Waals surface area contributed by atoms with Crippen molar-refractivity contribution in [2.75, 3.05) is 26.1 Å². The number of esters is 3. The molecule has 0 spiro atoms. The third-order valence-electron chi connectivity index (χ3n) is 2.78. The number of nitrogens with zero attached hydrogens (tertiary/aromatic N) is 2. The van der Waals surface area contributed by atoms with E-state index in [1.54, 1.807) is 6.92 Å². The minimum absolute atomic E-state index is 0.00293. The van der Waals surface area contributed by atoms with E-state index in [0.29, 0.717) is 0 Å². The monoisotopic (exact) mass is 542 g/mol. The summed E-state index contributed by atoms with van der Waals surface area (Å²) in [6, 6.07) is 5.55. The fourth-order valence-electron chi connectivity index (χ4n) is 1.79. The summed E-state index contributed by atoms with van der Waals surface area (Å²) in [7, 11) is -4.11. The summed E-state index contributed by atoms with van der Waals surface area (Å²) in [4.78, 5) is 38.8. The number of hydrogen-bond acceptors (Lipinski definition) is 9. The van der Waals surface area contributed by atoms with Gasteiger partial charge in [-0.15, -0.1) is 0 Å². The molecular weight excluding hydrogens is 523 g/mol. The third kappa shape index (κ3) is 7.89. The Labute approximate surface area is 174 Å². The Morgan fingerprint density at radius 3 is 2.24 bits per heavy atom. The van der Waals surface area contributed by atoms with Crippen LogP contribution < -0.4 is 0 Å². The molecule has 0 saturated carbocycles. The van der Waals surface area contributed by atoms with Crippen molar-refractivity contribution < 1.29 is 44.3 Å². The van der Waals surface area contributed by atoms with Gasteiger partial charge in [0.1, 0.15) is 0 Å². The maximum absolute atomic E-state index is 12.4. The van der Waals surface area contributed by atoms with Gasteiger partial charge in [0.25, 0.3) is 0 Å². The van der Waals surface area contributed by atoms with E-state index in [1.165, 1.54) is 31.2 Å². The first-order valence-electron chi connectivity index (χ1n) is 8.05. The Morgan fingerprint density at radius 1 is 1.07 bits per heavy atom. The van der Waals surface area contributed by atoms with Gasteiger partial charge in [-0.1, -0.05) is 0 Å². The molecule has 1 aromatic carbocycles. The fraction of sp³-hybridized carbons (Fsp3) is 0.375. The molecule has 0 saturated heterocycles. The topological polar surface area (TPSA) is 159 Å². The number of hydrogen-bond donors (Lipinski definition) is 0. The van der Waals surface area contributed by atoms with Crippen LogP contribution >= 0.6 is 20.2 Å². The van der Waals surface area contributed by atoms with Crippen LogP contribution in [0.25, 0.3) is 5.53 Å². The first-order valence-corrected chi connectivity index (χ1v) is 12.9. The van der Waals surface area contributed by atoms with Crippen LogP contribution in [0.1, 0.15) is 24.2 Å². The molecule has 0 amide bonds. The van der Waals surface area contributed by atoms with Crippen molar-refractivity contribution in [2.45, 2.75) is 13.8 Å². The normalized spacial score (nSPS) is 11.1. The van der Waals surface area contributed by atoms with E-state index < -0.39 is 58.6 Å². The Hall–Kier alpha value is -2.35. The summed E-state index contributed by atoms with van der Waals surface area (Å²) < 4.78 is 42.2. The van der Waals surface area contributed by atoms with Gasteiger partial charge in [0.15, 0.2) is 0 Å². The average molecular weight is 542 g/mol. The fourth-order valence-corrected chi connectivity index (χ4v) is 7.96. The molecule has 0 aliphatic heterocycles. The molecule has 29 heavy (non-hydrogen) atoms. The van der Waals surface area contributed by atoms with E-state index in [2.05, 4.69) is 9.53 Å². The molecule has 160 valence electrons. The summed E-state index contributed by atoms with van der Waals surface area (Å²) in [6.07, 6.45) is 0.749. The molecule has 0 aromatic heterocycles. The van der Waals surface area contributed by atoms with Gasteiger partial charge in [0, 0.05) is 0 Å². The van der Waals surface area contributed by atoms with Crippen molar-refractivity contribution in [2.24, 2.45) is 0 Å². The molecule has 0 aliphatic carbocycles. The van der Waals surface area contributed by atoms with Crippen molar-refractivity contribution >= 4 is 52.0 Å². The van der Waals surface area contributed by atoms with Crippen LogP contribution in [0, 0.1) is 3.57 Å². The Morgan fingerprint density at radius 2 is 1.69 bits per heavy atom. The van der Waals surface area contributed by atoms with Gasteiger partial charge < -0.3 is 0 Å². The van der Waals surface area contributed by atoms with E-state index in [0.717, 1.165) is 6.26 Å². The van der Waals surface area contributed by atoms with Gasteiger partial charge in [-0.25, -0.2) is 0 Å². The molecule has 0 bridgehead atoms. The first kappa shape index (κ1) is 24.7. The summed E-state index contributed by atoms with van der Waals surface area (Å²) in [5.74, 6) is -2.84. The SMILES string of the molecule is CCOC(=O)COC(=O)c1ccccc1I(OS(C)(=O)=O)C(=[N+]=[N-])C(=O)OCC. The molecule has 0 fully saturated rings. The predicted molar refractivity (Wildman–Crippen MR) is 107 cm³/mol. The van der Waals surface area contributed by atoms with E-state index in [9.17, 15) is 28.3 Å². The van der Waals surface area contributed by atoms with Crippen LogP contribution in [0.4, 0.5) is 0 Å². The van der Waals surface area contributed by atoms with Crippen LogP contribution in [-0.2, 0) is 36.4 Å². The van der Waals surface area contributed by atoms with Crippen molar-refractivity contribution in [1.82, 2.24) is 0 Å². The van der Waals surface area contributed by atoms with Crippen LogP contribution in [0.5, 0.6) is 0 Å². The summed E-state index contributed by atoms with van der Waals surface area (Å²) >= 11 is -3.78.